The zero-order valence-corrected chi connectivity index (χ0v) is 22.6. The van der Waals surface area contributed by atoms with Gasteiger partial charge in [0.2, 0.25) is 28.8 Å². The topological polar surface area (TPSA) is 545 Å². The fraction of sp³-hybridized carbons (Fsp3) is 0.632. The highest BCUT2D eigenvalue weighted by Crippen LogP contribution is 2.64. The van der Waals surface area contributed by atoms with Crippen LogP contribution in [0, 0.1) is 0 Å². The number of Topliss-reactive ketones (excluding diaryl/α,β-unsaturated/α-hetero) is 1. The van der Waals surface area contributed by atoms with Crippen molar-refractivity contribution in [3.8, 4) is 23.0 Å². The van der Waals surface area contributed by atoms with E-state index in [1.807, 2.05) is 0 Å². The molecule has 1 aromatic carbocycles. The maximum Gasteiger partial charge on any atom is 0.453 e. The minimum atomic E-state index is -5.86. The quantitative estimate of drug-likeness (QED) is 0.0876. The molecule has 0 aliphatic carbocycles. The lowest BCUT2D eigenvalue weighted by molar-refractivity contribution is -0.558. The van der Waals surface area contributed by atoms with Gasteiger partial charge in [0.15, 0.2) is 17.1 Å². The number of rotatable bonds is 8. The highest BCUT2D eigenvalue weighted by atomic mass is 16.9. The minimum absolute atomic E-state index is 1.35. The molecule has 48 heavy (non-hydrogen) atoms. The van der Waals surface area contributed by atoms with Gasteiger partial charge in [0.1, 0.15) is 0 Å². The van der Waals surface area contributed by atoms with Crippen LogP contribution >= 0.6 is 0 Å². The third kappa shape index (κ3) is 4.81. The fourth-order valence-corrected chi connectivity index (χ4v) is 5.13. The van der Waals surface area contributed by atoms with E-state index in [4.69, 9.17) is 15.3 Å². The number of aromatic hydroxyl groups is 2. The summed E-state index contributed by atoms with van der Waals surface area (Å²) in [4.78, 5) is 12.0. The predicted molar refractivity (Wildman–Crippen MR) is 122 cm³/mol. The number of ether oxygens (including phenoxy) is 2. The van der Waals surface area contributed by atoms with Crippen molar-refractivity contribution in [1.82, 2.24) is 4.90 Å². The molecule has 2 aliphatic rings. The van der Waals surface area contributed by atoms with Gasteiger partial charge in [-0.1, -0.05) is 0 Å². The van der Waals surface area contributed by atoms with Crippen molar-refractivity contribution in [3.05, 3.63) is 11.1 Å². The first kappa shape index (κ1) is 39.6. The Morgan fingerprint density at radius 1 is 0.562 bits per heavy atom. The van der Waals surface area contributed by atoms with Crippen molar-refractivity contribution in [1.29, 1.82) is 0 Å². The second kappa shape index (κ2) is 10.1. The summed E-state index contributed by atoms with van der Waals surface area (Å²) in [7, 11) is 0. The van der Waals surface area contributed by atoms with Crippen LogP contribution in [0.2, 0.25) is 0 Å². The van der Waals surface area contributed by atoms with Gasteiger partial charge in [0.25, 0.3) is 23.1 Å². The Bertz CT molecular complexity index is 1480. The van der Waals surface area contributed by atoms with E-state index in [1.165, 1.54) is 0 Å². The van der Waals surface area contributed by atoms with Crippen molar-refractivity contribution < 1.29 is 142 Å². The van der Waals surface area contributed by atoms with Crippen LogP contribution in [0.25, 0.3) is 0 Å². The third-order valence-electron chi connectivity index (χ3n) is 7.39. The number of hydrogen-bond donors (Lipinski definition) is 25. The number of benzene rings is 1. The molecular weight excluding hydrogens is 690 g/mol. The van der Waals surface area contributed by atoms with Gasteiger partial charge in [-0.15, -0.1) is 0 Å². The predicted octanol–water partition coefficient (Wildman–Crippen LogP) is -15.1. The normalized spacial score (nSPS) is 26.5. The summed E-state index contributed by atoms with van der Waals surface area (Å²) in [6.45, 7) is -2.95. The molecule has 2 aliphatic heterocycles. The number of carbonyl (C=O) groups is 1. The molecule has 2 atom stereocenters. The van der Waals surface area contributed by atoms with Crippen molar-refractivity contribution in [3.63, 3.8) is 0 Å². The Balaban J connectivity index is 2.60. The smallest absolute Gasteiger partial charge is 0.453 e. The number of carbonyl (C=O) groups excluding carboxylic acids is 1. The molecule has 276 valence electrons. The van der Waals surface area contributed by atoms with E-state index in [-0.39, 0.29) is 0 Å². The Hall–Kier alpha value is -2.87. The first-order valence-electron chi connectivity index (χ1n) is 11.7. The Labute approximate surface area is 258 Å². The lowest BCUT2D eigenvalue weighted by atomic mass is 9.64. The Morgan fingerprint density at radius 3 is 1.25 bits per heavy atom. The lowest BCUT2D eigenvalue weighted by Crippen LogP contribution is -2.92. The summed E-state index contributed by atoms with van der Waals surface area (Å²) in [5.41, 5.74) is -21.0. The Kier molecular flexibility index (Phi) is 8.33. The summed E-state index contributed by atoms with van der Waals surface area (Å²) in [5, 5.41) is 252. The molecule has 3 rings (SSSR count). The second-order valence-corrected chi connectivity index (χ2v) is 10.5. The molecule has 25 N–H and O–H groups in total. The first-order valence-corrected chi connectivity index (χ1v) is 11.7. The van der Waals surface area contributed by atoms with Crippen LogP contribution in [-0.4, -0.2) is 198 Å². The van der Waals surface area contributed by atoms with Crippen LogP contribution < -0.4 is 9.47 Å². The summed E-state index contributed by atoms with van der Waals surface area (Å²) in [6, 6.07) is 0. The second-order valence-electron chi connectivity index (χ2n) is 10.5. The van der Waals surface area contributed by atoms with Gasteiger partial charge < -0.3 is 137 Å². The summed E-state index contributed by atoms with van der Waals surface area (Å²) in [6.07, 6.45) is -9.27. The average molecular weight is 717 g/mol. The summed E-state index contributed by atoms with van der Waals surface area (Å²) in [5.74, 6) is -45.6. The highest BCUT2D eigenvalue weighted by Gasteiger charge is 2.87. The SMILES string of the molecule is O=C1C(O)(O)C2(O)c3c(O)c(OC(O)(O)O)c(OC(O)(O)O)c(O)c3C(O)(O)C(O)(O)N2CC1(O)C(O)(O)C(O)(C(O)(O)O)C(O)(O)O. The number of phenols is 2. The monoisotopic (exact) mass is 717 g/mol. The number of piperidine rings is 1. The number of hydrogen-bond acceptors (Lipinski definition) is 29. The largest absolute Gasteiger partial charge is 0.504 e. The van der Waals surface area contributed by atoms with Gasteiger partial charge in [-0.25, -0.2) is 4.90 Å². The van der Waals surface area contributed by atoms with Crippen LogP contribution in [0.4, 0.5) is 0 Å². The standard InChI is InChI=1S/C19H27NO28/c21-4-2-3(5(22)7(48-19(44,45)46)6(4)47-18(41,42)43)11(26,27)15(33,34)20-1-9(24,8(23)12(28,29)10(2,20)25)14(31,32)13(30,16(35,36)37)17(38,39)40/h21-22,24-46H,1H2. The summed E-state index contributed by atoms with van der Waals surface area (Å²) >= 11 is 0. The van der Waals surface area contributed by atoms with E-state index in [0.29, 0.717) is 0 Å². The molecule has 29 heteroatoms. The lowest BCUT2D eigenvalue weighted by Gasteiger charge is -2.63. The maximum atomic E-state index is 13.4. The van der Waals surface area contributed by atoms with Gasteiger partial charge in [-0.2, -0.15) is 0 Å². The van der Waals surface area contributed by atoms with Crippen molar-refractivity contribution in [2.45, 2.75) is 64.5 Å². The van der Waals surface area contributed by atoms with Gasteiger partial charge in [0, 0.05) is 6.54 Å². The van der Waals surface area contributed by atoms with Crippen molar-refractivity contribution in [2.24, 2.45) is 0 Å². The van der Waals surface area contributed by atoms with E-state index in [0.717, 1.165) is 0 Å². The summed E-state index contributed by atoms with van der Waals surface area (Å²) < 4.78 is 7.80. The molecule has 2 heterocycles. The van der Waals surface area contributed by atoms with Crippen LogP contribution in [0.3, 0.4) is 0 Å². The van der Waals surface area contributed by atoms with Gasteiger partial charge >= 0.3 is 24.3 Å². The number of fused-ring (bicyclic) bond motifs is 3. The third-order valence-corrected chi connectivity index (χ3v) is 7.39. The maximum absolute atomic E-state index is 13.4. The van der Waals surface area contributed by atoms with Crippen LogP contribution in [0.15, 0.2) is 0 Å². The molecule has 2 unspecified atom stereocenters. The van der Waals surface area contributed by atoms with E-state index >= 15 is 0 Å². The molecule has 1 saturated heterocycles. The van der Waals surface area contributed by atoms with Crippen LogP contribution in [-0.2, 0) is 16.3 Å². The molecule has 0 bridgehead atoms. The number of ketones is 1. The molecule has 29 nitrogen and oxygen atoms in total. The van der Waals surface area contributed by atoms with E-state index in [2.05, 4.69) is 9.47 Å². The van der Waals surface area contributed by atoms with E-state index in [1.54, 1.807) is 0 Å². The zero-order chi connectivity index (χ0) is 38.2. The molecule has 0 aromatic heterocycles. The van der Waals surface area contributed by atoms with Crippen molar-refractivity contribution >= 4 is 5.78 Å². The van der Waals surface area contributed by atoms with Crippen LogP contribution in [0.5, 0.6) is 23.0 Å². The molecule has 0 saturated carbocycles. The molecule has 0 spiro atoms. The van der Waals surface area contributed by atoms with Gasteiger partial charge in [0.05, 0.1) is 11.1 Å². The number of nitrogens with zero attached hydrogens (tertiary/aromatic N) is 1. The Morgan fingerprint density at radius 2 is 0.917 bits per heavy atom. The molecule has 1 fully saturated rings. The number of aliphatic hydroxyl groups is 23. The molecular formula is C19H27NO28. The molecule has 0 radical (unpaired) electrons. The number of phenolic OH excluding ortho intramolecular Hbond substituents is 2. The fourth-order valence-electron chi connectivity index (χ4n) is 5.13. The first-order chi connectivity index (χ1) is 20.7. The molecule has 1 aromatic rings. The minimum Gasteiger partial charge on any atom is -0.504 e. The van der Waals surface area contributed by atoms with Gasteiger partial charge in [-0.05, 0) is 0 Å². The van der Waals surface area contributed by atoms with Gasteiger partial charge in [-0.3, -0.25) is 4.79 Å². The average Bonchev–Trinajstić information content (AvgIpc) is 2.84. The molecule has 0 amide bonds. The van der Waals surface area contributed by atoms with Crippen molar-refractivity contribution in [2.75, 3.05) is 6.54 Å². The zero-order valence-electron chi connectivity index (χ0n) is 22.6. The van der Waals surface area contributed by atoms with E-state index < -0.39 is 116 Å². The van der Waals surface area contributed by atoms with Crippen LogP contribution in [0.1, 0.15) is 11.1 Å². The van der Waals surface area contributed by atoms with E-state index in [9.17, 15) is 117 Å². The highest BCUT2D eigenvalue weighted by molar-refractivity contribution is 5.97.